The van der Waals surface area contributed by atoms with E-state index in [2.05, 4.69) is 32.6 Å². The number of hydrogen-bond donors (Lipinski definition) is 3. The van der Waals surface area contributed by atoms with Crippen LogP contribution in [-0.2, 0) is 0 Å². The van der Waals surface area contributed by atoms with Gasteiger partial charge in [0.1, 0.15) is 0 Å². The first-order valence-electron chi connectivity index (χ1n) is 11.2. The quantitative estimate of drug-likeness (QED) is 0.423. The van der Waals surface area contributed by atoms with Crippen molar-refractivity contribution in [3.63, 3.8) is 0 Å². The molecule has 3 N–H and O–H groups in total. The Morgan fingerprint density at radius 1 is 1.29 bits per heavy atom. The molecule has 3 fully saturated rings. The fourth-order valence-corrected chi connectivity index (χ4v) is 6.75. The van der Waals surface area contributed by atoms with Gasteiger partial charge < -0.3 is 15.1 Å². The summed E-state index contributed by atoms with van der Waals surface area (Å²) in [5.74, 6) is 2.17. The second-order valence-electron chi connectivity index (χ2n) is 9.69. The lowest BCUT2D eigenvalue weighted by Gasteiger charge is -2.44. The monoisotopic (exact) mass is 406 g/mol. The Morgan fingerprint density at radius 3 is 2.82 bits per heavy atom. The van der Waals surface area contributed by atoms with Gasteiger partial charge in [-0.25, -0.2) is 0 Å². The summed E-state index contributed by atoms with van der Waals surface area (Å²) in [6, 6.07) is 0. The molecule has 0 aromatic carbocycles. The lowest BCUT2D eigenvalue weighted by molar-refractivity contribution is 0.0861. The van der Waals surface area contributed by atoms with E-state index >= 15 is 0 Å². The van der Waals surface area contributed by atoms with E-state index in [9.17, 15) is 10.2 Å². The van der Waals surface area contributed by atoms with Crippen LogP contribution >= 0.6 is 8.81 Å². The summed E-state index contributed by atoms with van der Waals surface area (Å²) in [5, 5.41) is 20.1. The third-order valence-corrected chi connectivity index (χ3v) is 8.51. The summed E-state index contributed by atoms with van der Waals surface area (Å²) in [6.45, 7) is 8.99. The van der Waals surface area contributed by atoms with Crippen molar-refractivity contribution >= 4 is 8.81 Å². The zero-order chi connectivity index (χ0) is 20.3. The van der Waals surface area contributed by atoms with Crippen molar-refractivity contribution in [2.24, 2.45) is 23.2 Å². The van der Waals surface area contributed by atoms with E-state index in [1.807, 2.05) is 0 Å². The smallest absolute Gasteiger partial charge is 0.0811 e. The van der Waals surface area contributed by atoms with Crippen molar-refractivity contribution in [3.8, 4) is 0 Å². The highest BCUT2D eigenvalue weighted by molar-refractivity contribution is 7.31. The predicted octanol–water partition coefficient (Wildman–Crippen LogP) is 5.13. The molecule has 0 amide bonds. The summed E-state index contributed by atoms with van der Waals surface area (Å²) in [4.78, 5) is 9.11. The molecule has 7 atom stereocenters. The molecule has 4 heteroatoms. The molecule has 3 nitrogen and oxygen atoms in total. The summed E-state index contributed by atoms with van der Waals surface area (Å²) >= 11 is 0. The summed E-state index contributed by atoms with van der Waals surface area (Å²) < 4.78 is 0. The normalized spacial score (nSPS) is 40.5. The van der Waals surface area contributed by atoms with Crippen LogP contribution in [0, 0.1) is 23.2 Å². The maximum absolute atomic E-state index is 10.1. The van der Waals surface area contributed by atoms with E-state index in [1.54, 1.807) is 5.57 Å². The lowest BCUT2D eigenvalue weighted by Crippen LogP contribution is -2.36. The van der Waals surface area contributed by atoms with Gasteiger partial charge in [-0.2, -0.15) is 0 Å². The third-order valence-electron chi connectivity index (χ3n) is 7.94. The lowest BCUT2D eigenvalue weighted by atomic mass is 9.61. The molecule has 0 aliphatic heterocycles. The summed E-state index contributed by atoms with van der Waals surface area (Å²) in [6.07, 6.45) is 14.1. The van der Waals surface area contributed by atoms with Gasteiger partial charge in [-0.1, -0.05) is 44.6 Å². The summed E-state index contributed by atoms with van der Waals surface area (Å²) in [5.41, 5.74) is 3.75. The van der Waals surface area contributed by atoms with Crippen molar-refractivity contribution in [1.82, 2.24) is 0 Å². The zero-order valence-electron chi connectivity index (χ0n) is 17.7. The summed E-state index contributed by atoms with van der Waals surface area (Å²) in [7, 11) is 0.0938. The van der Waals surface area contributed by atoms with Crippen LogP contribution < -0.4 is 0 Å². The molecule has 0 radical (unpaired) electrons. The van der Waals surface area contributed by atoms with E-state index in [4.69, 9.17) is 4.89 Å². The van der Waals surface area contributed by atoms with E-state index in [1.165, 1.54) is 38.5 Å². The van der Waals surface area contributed by atoms with E-state index in [0.29, 0.717) is 24.2 Å². The van der Waals surface area contributed by atoms with Crippen molar-refractivity contribution in [2.75, 3.05) is 6.16 Å². The van der Waals surface area contributed by atoms with E-state index in [0.717, 1.165) is 35.6 Å². The molecule has 3 unspecified atom stereocenters. The number of rotatable bonds is 6. The standard InChI is InChI=1S/C24H39O3P/c1-16(6-5-13-28-27)21-10-11-22-18(7-4-12-24(21,22)3)8-9-19-14-20(25)15-23(26)17(19)2/h8-9,16,20-23,25-28H,2,4-7,10-15H2,1,3H3/b18-8+,19-9-/t16?,20-,21?,22+,23+,24-/m1/s1. The van der Waals surface area contributed by atoms with Gasteiger partial charge >= 0.3 is 0 Å². The van der Waals surface area contributed by atoms with Gasteiger partial charge in [0.05, 0.1) is 12.2 Å². The van der Waals surface area contributed by atoms with Gasteiger partial charge in [0, 0.05) is 15.2 Å². The van der Waals surface area contributed by atoms with Crippen LogP contribution in [0.1, 0.15) is 71.6 Å². The molecular weight excluding hydrogens is 367 g/mol. The molecule has 0 saturated heterocycles. The molecule has 3 rings (SSSR count). The first-order valence-corrected chi connectivity index (χ1v) is 12.3. The maximum Gasteiger partial charge on any atom is 0.0811 e. The van der Waals surface area contributed by atoms with Gasteiger partial charge in [0.15, 0.2) is 0 Å². The van der Waals surface area contributed by atoms with Crippen LogP contribution in [-0.4, -0.2) is 33.5 Å². The highest BCUT2D eigenvalue weighted by atomic mass is 31.1. The SMILES string of the molecule is C=C1/C(=C\C=C2/CCC[C@]3(C)C(C(C)CCCPO)CC[C@@H]23)C[C@@H](O)C[C@@H]1O. The Labute approximate surface area is 172 Å². The Morgan fingerprint density at radius 2 is 2.07 bits per heavy atom. The third kappa shape index (κ3) is 4.64. The fraction of sp³-hybridized carbons (Fsp3) is 0.750. The zero-order valence-corrected chi connectivity index (χ0v) is 18.7. The van der Waals surface area contributed by atoms with Crippen molar-refractivity contribution in [1.29, 1.82) is 0 Å². The van der Waals surface area contributed by atoms with Gasteiger partial charge in [0.2, 0.25) is 0 Å². The topological polar surface area (TPSA) is 60.7 Å². The number of aliphatic hydroxyl groups is 2. The molecule has 0 aromatic rings. The Bertz CT molecular complexity index is 625. The van der Waals surface area contributed by atoms with Crippen molar-refractivity contribution in [2.45, 2.75) is 83.8 Å². The first kappa shape index (κ1) is 22.2. The second kappa shape index (κ2) is 9.56. The van der Waals surface area contributed by atoms with Crippen LogP contribution in [0.4, 0.5) is 0 Å². The first-order chi connectivity index (χ1) is 13.4. The predicted molar refractivity (Wildman–Crippen MR) is 119 cm³/mol. The average Bonchev–Trinajstić information content (AvgIpc) is 3.01. The fourth-order valence-electron chi connectivity index (χ4n) is 6.38. The van der Waals surface area contributed by atoms with Crippen LogP contribution in [0.3, 0.4) is 0 Å². The second-order valence-corrected chi connectivity index (χ2v) is 10.5. The largest absolute Gasteiger partial charge is 0.393 e. The molecule has 158 valence electrons. The molecule has 0 spiro atoms. The van der Waals surface area contributed by atoms with Gasteiger partial charge in [0.25, 0.3) is 0 Å². The minimum atomic E-state index is -0.610. The molecule has 28 heavy (non-hydrogen) atoms. The molecular formula is C24H39O3P. The van der Waals surface area contributed by atoms with Crippen molar-refractivity contribution in [3.05, 3.63) is 35.5 Å². The minimum absolute atomic E-state index is 0.0938. The molecule has 3 saturated carbocycles. The van der Waals surface area contributed by atoms with E-state index < -0.39 is 12.2 Å². The van der Waals surface area contributed by atoms with Crippen LogP contribution in [0.25, 0.3) is 0 Å². The molecule has 0 heterocycles. The highest BCUT2D eigenvalue weighted by Gasteiger charge is 2.50. The van der Waals surface area contributed by atoms with Crippen LogP contribution in [0.15, 0.2) is 35.5 Å². The van der Waals surface area contributed by atoms with Gasteiger partial charge in [-0.15, -0.1) is 0 Å². The molecule has 0 aromatic heterocycles. The maximum atomic E-state index is 10.1. The molecule has 3 aliphatic rings. The molecule has 3 aliphatic carbocycles. The number of aliphatic hydroxyl groups excluding tert-OH is 2. The Kier molecular flexibility index (Phi) is 7.59. The number of allylic oxidation sites excluding steroid dienone is 3. The van der Waals surface area contributed by atoms with Crippen LogP contribution in [0.2, 0.25) is 0 Å². The van der Waals surface area contributed by atoms with Crippen molar-refractivity contribution < 1.29 is 15.1 Å². The van der Waals surface area contributed by atoms with Crippen LogP contribution in [0.5, 0.6) is 0 Å². The number of hydrogen-bond acceptors (Lipinski definition) is 3. The minimum Gasteiger partial charge on any atom is -0.393 e. The Hall–Kier alpha value is -0.470. The molecule has 0 bridgehead atoms. The average molecular weight is 407 g/mol. The van der Waals surface area contributed by atoms with Gasteiger partial charge in [-0.3, -0.25) is 0 Å². The Balaban J connectivity index is 1.74. The number of fused-ring (bicyclic) bond motifs is 1. The van der Waals surface area contributed by atoms with Gasteiger partial charge in [-0.05, 0) is 85.4 Å². The van der Waals surface area contributed by atoms with E-state index in [-0.39, 0.29) is 8.81 Å². The highest BCUT2D eigenvalue weighted by Crippen LogP contribution is 2.59.